The second-order valence-electron chi connectivity index (χ2n) is 11.9. The molecule has 1 atom stereocenters. The van der Waals surface area contributed by atoms with Gasteiger partial charge in [0, 0.05) is 41.2 Å². The maximum atomic E-state index is 14.6. The summed E-state index contributed by atoms with van der Waals surface area (Å²) in [7, 11) is -4.47. The number of hydrogen-bond donors (Lipinski definition) is 1. The zero-order valence-corrected chi connectivity index (χ0v) is 29.3. The van der Waals surface area contributed by atoms with Crippen LogP contribution in [0.2, 0.25) is 10.0 Å². The number of anilines is 1. The van der Waals surface area contributed by atoms with Crippen molar-refractivity contribution in [3.05, 3.63) is 118 Å². The molecule has 4 aromatic carbocycles. The van der Waals surface area contributed by atoms with Crippen molar-refractivity contribution in [2.75, 3.05) is 30.6 Å². The molecule has 13 heteroatoms. The zero-order valence-electron chi connectivity index (χ0n) is 26.9. The van der Waals surface area contributed by atoms with Gasteiger partial charge in [-0.1, -0.05) is 73.4 Å². The van der Waals surface area contributed by atoms with Gasteiger partial charge in [0.05, 0.1) is 10.6 Å². The smallest absolute Gasteiger partial charge is 0.264 e. The Morgan fingerprint density at radius 3 is 2.18 bits per heavy atom. The lowest BCUT2D eigenvalue weighted by atomic mass is 10.0. The Hall–Kier alpha value is -4.32. The largest absolute Gasteiger partial charge is 0.486 e. The van der Waals surface area contributed by atoms with E-state index in [1.807, 2.05) is 44.2 Å². The molecule has 1 aliphatic rings. The first kappa shape index (κ1) is 36.0. The highest BCUT2D eigenvalue weighted by atomic mass is 35.5. The van der Waals surface area contributed by atoms with E-state index in [1.54, 1.807) is 18.2 Å². The van der Waals surface area contributed by atoms with E-state index in [9.17, 15) is 22.4 Å². The zero-order chi connectivity index (χ0) is 35.1. The van der Waals surface area contributed by atoms with Crippen molar-refractivity contribution in [1.29, 1.82) is 0 Å². The molecule has 0 spiro atoms. The molecule has 0 aliphatic carbocycles. The third-order valence-electron chi connectivity index (χ3n) is 7.84. The van der Waals surface area contributed by atoms with Gasteiger partial charge in [0.1, 0.15) is 31.6 Å². The highest BCUT2D eigenvalue weighted by Crippen LogP contribution is 2.35. The Balaban J connectivity index is 1.59. The van der Waals surface area contributed by atoms with E-state index in [2.05, 4.69) is 5.32 Å². The summed E-state index contributed by atoms with van der Waals surface area (Å²) in [4.78, 5) is 29.7. The van der Waals surface area contributed by atoms with E-state index in [0.29, 0.717) is 24.5 Å². The Morgan fingerprint density at radius 2 is 1.53 bits per heavy atom. The van der Waals surface area contributed by atoms with Gasteiger partial charge in [0.2, 0.25) is 11.8 Å². The van der Waals surface area contributed by atoms with Crippen molar-refractivity contribution < 1.29 is 31.9 Å². The van der Waals surface area contributed by atoms with Crippen LogP contribution in [-0.2, 0) is 32.6 Å². The molecule has 4 aromatic rings. The number of benzene rings is 4. The average molecular weight is 729 g/mol. The van der Waals surface area contributed by atoms with Crippen LogP contribution in [0.4, 0.5) is 10.1 Å². The standard InChI is InChI=1S/C36H36Cl2FN3O6S/c1-24(2)21-40-36(44)32(19-25-7-4-3-5-8-25)41(22-29-30(37)9-6-10-31(29)38)35(43)23-42(27-13-11-26(39)12-14-27)49(45,46)28-15-16-33-34(20-28)48-18-17-47-33/h3-16,20,24,32H,17-19,21-23H2,1-2H3,(H,40,44). The van der Waals surface area contributed by atoms with Crippen LogP contribution in [-0.4, -0.2) is 57.5 Å². The van der Waals surface area contributed by atoms with Crippen LogP contribution in [0.15, 0.2) is 95.9 Å². The first-order chi connectivity index (χ1) is 23.4. The average Bonchev–Trinajstić information content (AvgIpc) is 3.09. The first-order valence-electron chi connectivity index (χ1n) is 15.7. The predicted octanol–water partition coefficient (Wildman–Crippen LogP) is 6.51. The molecule has 1 N–H and O–H groups in total. The lowest BCUT2D eigenvalue weighted by Gasteiger charge is -2.34. The van der Waals surface area contributed by atoms with Gasteiger partial charge >= 0.3 is 0 Å². The molecule has 0 aromatic heterocycles. The molecule has 0 fully saturated rings. The van der Waals surface area contributed by atoms with Crippen LogP contribution < -0.4 is 19.1 Å². The molecule has 258 valence electrons. The minimum atomic E-state index is -4.47. The summed E-state index contributed by atoms with van der Waals surface area (Å²) in [6.07, 6.45) is 0.115. The third-order valence-corrected chi connectivity index (χ3v) is 10.3. The van der Waals surface area contributed by atoms with Gasteiger partial charge in [-0.15, -0.1) is 0 Å². The van der Waals surface area contributed by atoms with Gasteiger partial charge in [-0.25, -0.2) is 12.8 Å². The molecule has 1 heterocycles. The molecule has 1 unspecified atom stereocenters. The molecule has 9 nitrogen and oxygen atoms in total. The lowest BCUT2D eigenvalue weighted by Crippen LogP contribution is -2.53. The van der Waals surface area contributed by atoms with Crippen LogP contribution in [0.5, 0.6) is 11.5 Å². The molecule has 0 saturated heterocycles. The second kappa shape index (κ2) is 15.9. The van der Waals surface area contributed by atoms with Crippen LogP contribution in [0.25, 0.3) is 0 Å². The van der Waals surface area contributed by atoms with Crippen LogP contribution in [0.3, 0.4) is 0 Å². The Morgan fingerprint density at radius 1 is 0.878 bits per heavy atom. The van der Waals surface area contributed by atoms with Gasteiger partial charge in [-0.2, -0.15) is 0 Å². The number of carbonyl (C=O) groups excluding carboxylic acids is 2. The molecular formula is C36H36Cl2FN3O6S. The number of amides is 2. The Labute approximate surface area is 295 Å². The molecular weight excluding hydrogens is 692 g/mol. The van der Waals surface area contributed by atoms with Gasteiger partial charge in [-0.3, -0.25) is 13.9 Å². The summed E-state index contributed by atoms with van der Waals surface area (Å²) >= 11 is 13.1. The molecule has 1 aliphatic heterocycles. The van der Waals surface area contributed by atoms with Crippen molar-refractivity contribution in [1.82, 2.24) is 10.2 Å². The number of rotatable bonds is 13. The molecule has 0 bridgehead atoms. The van der Waals surface area contributed by atoms with E-state index in [0.717, 1.165) is 22.0 Å². The normalized spacial score (nSPS) is 13.1. The van der Waals surface area contributed by atoms with Crippen LogP contribution in [0.1, 0.15) is 25.0 Å². The van der Waals surface area contributed by atoms with E-state index < -0.39 is 40.2 Å². The first-order valence-corrected chi connectivity index (χ1v) is 17.9. The van der Waals surface area contributed by atoms with Gasteiger partial charge in [0.25, 0.3) is 10.0 Å². The fourth-order valence-corrected chi connectivity index (χ4v) is 7.22. The van der Waals surface area contributed by atoms with Crippen molar-refractivity contribution in [2.45, 2.75) is 37.8 Å². The van der Waals surface area contributed by atoms with E-state index >= 15 is 0 Å². The van der Waals surface area contributed by atoms with Crippen molar-refractivity contribution >= 4 is 50.7 Å². The summed E-state index contributed by atoms with van der Waals surface area (Å²) in [5.41, 5.74) is 1.19. The quantitative estimate of drug-likeness (QED) is 0.168. The molecule has 5 rings (SSSR count). The molecule has 0 saturated carbocycles. The molecule has 0 radical (unpaired) electrons. The fraction of sp³-hybridized carbons (Fsp3) is 0.278. The third kappa shape index (κ3) is 8.83. The summed E-state index contributed by atoms with van der Waals surface area (Å²) in [6.45, 7) is 3.84. The summed E-state index contributed by atoms with van der Waals surface area (Å²) in [5.74, 6) is -1.01. The summed E-state index contributed by atoms with van der Waals surface area (Å²) < 4.78 is 54.8. The van der Waals surface area contributed by atoms with Gasteiger partial charge < -0.3 is 19.7 Å². The number of sulfonamides is 1. The highest BCUT2D eigenvalue weighted by Gasteiger charge is 2.36. The van der Waals surface area contributed by atoms with Gasteiger partial charge in [-0.05, 0) is 60.0 Å². The number of fused-ring (bicyclic) bond motifs is 1. The fourth-order valence-electron chi connectivity index (χ4n) is 5.28. The minimum absolute atomic E-state index is 0.0317. The van der Waals surface area contributed by atoms with E-state index in [4.69, 9.17) is 32.7 Å². The van der Waals surface area contributed by atoms with Crippen molar-refractivity contribution in [3.8, 4) is 11.5 Å². The number of nitrogens with one attached hydrogen (secondary N) is 1. The predicted molar refractivity (Wildman–Crippen MR) is 187 cm³/mol. The lowest BCUT2D eigenvalue weighted by molar-refractivity contribution is -0.140. The number of halogens is 3. The maximum Gasteiger partial charge on any atom is 0.264 e. The SMILES string of the molecule is CC(C)CNC(=O)C(Cc1ccccc1)N(Cc1c(Cl)cccc1Cl)C(=O)CN(c1ccc(F)cc1)S(=O)(=O)c1ccc2c(c1)OCCO2. The number of ether oxygens (including phenoxy) is 2. The van der Waals surface area contributed by atoms with E-state index in [1.165, 1.54) is 35.2 Å². The molecule has 49 heavy (non-hydrogen) atoms. The summed E-state index contributed by atoms with van der Waals surface area (Å²) in [5, 5.41) is 3.47. The van der Waals surface area contributed by atoms with Gasteiger partial charge in [0.15, 0.2) is 11.5 Å². The summed E-state index contributed by atoms with van der Waals surface area (Å²) in [6, 6.07) is 21.9. The van der Waals surface area contributed by atoms with Crippen molar-refractivity contribution in [2.24, 2.45) is 5.92 Å². The number of nitrogens with zero attached hydrogens (tertiary/aromatic N) is 2. The topological polar surface area (TPSA) is 105 Å². The molecule has 2 amide bonds. The second-order valence-corrected chi connectivity index (χ2v) is 14.5. The van der Waals surface area contributed by atoms with E-state index in [-0.39, 0.29) is 51.9 Å². The van der Waals surface area contributed by atoms with Crippen LogP contribution in [0, 0.1) is 11.7 Å². The Bertz CT molecular complexity index is 1870. The number of hydrogen-bond acceptors (Lipinski definition) is 6. The van der Waals surface area contributed by atoms with Crippen molar-refractivity contribution in [3.63, 3.8) is 0 Å². The maximum absolute atomic E-state index is 14.6. The highest BCUT2D eigenvalue weighted by molar-refractivity contribution is 7.92. The van der Waals surface area contributed by atoms with Crippen LogP contribution >= 0.6 is 23.2 Å². The Kier molecular flexibility index (Phi) is 11.7. The minimum Gasteiger partial charge on any atom is -0.486 e. The monoisotopic (exact) mass is 727 g/mol. The number of carbonyl (C=O) groups is 2.